The fourth-order valence-corrected chi connectivity index (χ4v) is 4.77. The van der Waals surface area contributed by atoms with Gasteiger partial charge in [-0.3, -0.25) is 9.59 Å². The number of rotatable bonds is 7. The standard InChI is InChI=1S/C29H27NO5/c1-4-18-9-12-20(13-10-18)26-25-27(31)21-7-5-6-8-22(21)35-28(25)29(32)30(26)16-15-19-11-14-23(33-2)24(17-19)34-3/h5-14,17,26H,4,15-16H2,1-3H3/t26-/m1/s1. The van der Waals surface area contributed by atoms with Gasteiger partial charge in [-0.05, 0) is 53.8 Å². The zero-order chi connectivity index (χ0) is 24.5. The molecule has 0 saturated carbocycles. The van der Waals surface area contributed by atoms with E-state index < -0.39 is 6.04 Å². The zero-order valence-electron chi connectivity index (χ0n) is 20.0. The Morgan fingerprint density at radius 1 is 0.886 bits per heavy atom. The molecule has 0 bridgehead atoms. The number of aryl methyl sites for hydroxylation is 1. The molecule has 0 aliphatic carbocycles. The number of para-hydroxylation sites is 1. The van der Waals surface area contributed by atoms with Crippen molar-refractivity contribution in [3.05, 3.63) is 105 Å². The molecule has 1 aliphatic rings. The van der Waals surface area contributed by atoms with Crippen LogP contribution in [0, 0.1) is 0 Å². The molecule has 6 nitrogen and oxygen atoms in total. The van der Waals surface area contributed by atoms with Crippen molar-refractivity contribution in [2.24, 2.45) is 0 Å². The molecule has 0 fully saturated rings. The second-order valence-corrected chi connectivity index (χ2v) is 8.61. The van der Waals surface area contributed by atoms with E-state index in [1.54, 1.807) is 37.3 Å². The molecule has 0 radical (unpaired) electrons. The van der Waals surface area contributed by atoms with Gasteiger partial charge in [-0.25, -0.2) is 0 Å². The summed E-state index contributed by atoms with van der Waals surface area (Å²) in [5.41, 5.74) is 3.76. The second kappa shape index (κ2) is 9.29. The van der Waals surface area contributed by atoms with Crippen LogP contribution in [-0.2, 0) is 12.8 Å². The Balaban J connectivity index is 1.57. The minimum Gasteiger partial charge on any atom is -0.493 e. The number of amides is 1. The summed E-state index contributed by atoms with van der Waals surface area (Å²) in [5.74, 6) is 1.14. The monoisotopic (exact) mass is 469 g/mol. The molecule has 0 unspecified atom stereocenters. The lowest BCUT2D eigenvalue weighted by Crippen LogP contribution is -2.31. The minimum absolute atomic E-state index is 0.130. The lowest BCUT2D eigenvalue weighted by molar-refractivity contribution is 0.0730. The molecule has 5 rings (SSSR count). The van der Waals surface area contributed by atoms with Crippen molar-refractivity contribution in [1.29, 1.82) is 0 Å². The number of methoxy groups -OCH3 is 2. The highest BCUT2D eigenvalue weighted by molar-refractivity contribution is 5.99. The quantitative estimate of drug-likeness (QED) is 0.374. The maximum absolute atomic E-state index is 13.6. The Bertz CT molecular complexity index is 1450. The van der Waals surface area contributed by atoms with Crippen LogP contribution in [0.2, 0.25) is 0 Å². The van der Waals surface area contributed by atoms with Crippen molar-refractivity contribution in [3.63, 3.8) is 0 Å². The van der Waals surface area contributed by atoms with Crippen molar-refractivity contribution in [2.75, 3.05) is 20.8 Å². The van der Waals surface area contributed by atoms with E-state index in [1.807, 2.05) is 48.5 Å². The number of hydrogen-bond donors (Lipinski definition) is 0. The van der Waals surface area contributed by atoms with Gasteiger partial charge in [-0.1, -0.05) is 49.4 Å². The van der Waals surface area contributed by atoms with E-state index in [1.165, 1.54) is 5.56 Å². The Morgan fingerprint density at radius 2 is 1.60 bits per heavy atom. The average molecular weight is 470 g/mol. The Labute approximate surface area is 203 Å². The van der Waals surface area contributed by atoms with Crippen molar-refractivity contribution in [2.45, 2.75) is 25.8 Å². The highest BCUT2D eigenvalue weighted by Crippen LogP contribution is 2.38. The highest BCUT2D eigenvalue weighted by atomic mass is 16.5. The van der Waals surface area contributed by atoms with Crippen LogP contribution in [-0.4, -0.2) is 31.6 Å². The summed E-state index contributed by atoms with van der Waals surface area (Å²) in [7, 11) is 3.19. The van der Waals surface area contributed by atoms with Gasteiger partial charge in [-0.2, -0.15) is 0 Å². The van der Waals surface area contributed by atoms with Gasteiger partial charge in [0.05, 0.1) is 31.2 Å². The molecule has 2 heterocycles. The van der Waals surface area contributed by atoms with Crippen molar-refractivity contribution in [3.8, 4) is 11.5 Å². The summed E-state index contributed by atoms with van der Waals surface area (Å²) < 4.78 is 16.8. The Morgan fingerprint density at radius 3 is 2.31 bits per heavy atom. The molecule has 1 atom stereocenters. The first kappa shape index (κ1) is 22.7. The molecule has 0 N–H and O–H groups in total. The summed E-state index contributed by atoms with van der Waals surface area (Å²) in [5, 5.41) is 0.482. The molecule has 0 saturated heterocycles. The highest BCUT2D eigenvalue weighted by Gasteiger charge is 2.42. The number of benzene rings is 3. The van der Waals surface area contributed by atoms with E-state index >= 15 is 0 Å². The van der Waals surface area contributed by atoms with Crippen LogP contribution in [0.15, 0.2) is 75.9 Å². The van der Waals surface area contributed by atoms with E-state index in [0.29, 0.717) is 41.0 Å². The van der Waals surface area contributed by atoms with E-state index in [9.17, 15) is 9.59 Å². The largest absolute Gasteiger partial charge is 0.493 e. The van der Waals surface area contributed by atoms with Crippen LogP contribution in [0.5, 0.6) is 11.5 Å². The first-order valence-corrected chi connectivity index (χ1v) is 11.7. The summed E-state index contributed by atoms with van der Waals surface area (Å²) in [6, 6.07) is 20.4. The average Bonchev–Trinajstić information content (AvgIpc) is 3.18. The molecular weight excluding hydrogens is 442 g/mol. The lowest BCUT2D eigenvalue weighted by atomic mass is 9.97. The van der Waals surface area contributed by atoms with Crippen molar-refractivity contribution < 1.29 is 18.7 Å². The third kappa shape index (κ3) is 3.95. The number of carbonyl (C=O) groups excluding carboxylic acids is 1. The Kier molecular flexibility index (Phi) is 6.03. The van der Waals surface area contributed by atoms with Crippen LogP contribution in [0.3, 0.4) is 0 Å². The summed E-state index contributed by atoms with van der Waals surface area (Å²) in [6.45, 7) is 2.51. The van der Waals surface area contributed by atoms with Gasteiger partial charge < -0.3 is 18.8 Å². The van der Waals surface area contributed by atoms with Crippen LogP contribution in [0.25, 0.3) is 11.0 Å². The normalized spacial score (nSPS) is 14.9. The third-order valence-corrected chi connectivity index (χ3v) is 6.67. The third-order valence-electron chi connectivity index (χ3n) is 6.67. The molecule has 178 valence electrons. The molecular formula is C29H27NO5. The van der Waals surface area contributed by atoms with Crippen LogP contribution in [0.1, 0.15) is 45.8 Å². The predicted molar refractivity (Wildman–Crippen MR) is 134 cm³/mol. The molecule has 3 aromatic carbocycles. The molecule has 0 spiro atoms. The van der Waals surface area contributed by atoms with Gasteiger partial charge in [-0.15, -0.1) is 0 Å². The summed E-state index contributed by atoms with van der Waals surface area (Å²) in [6.07, 6.45) is 1.49. The zero-order valence-corrected chi connectivity index (χ0v) is 20.0. The second-order valence-electron chi connectivity index (χ2n) is 8.61. The Hall–Kier alpha value is -4.06. The molecule has 4 aromatic rings. The first-order chi connectivity index (χ1) is 17.0. The van der Waals surface area contributed by atoms with Gasteiger partial charge in [0.2, 0.25) is 5.76 Å². The van der Waals surface area contributed by atoms with E-state index in [0.717, 1.165) is 17.5 Å². The maximum atomic E-state index is 13.6. The van der Waals surface area contributed by atoms with Gasteiger partial charge in [0.25, 0.3) is 5.91 Å². The van der Waals surface area contributed by atoms with Crippen molar-refractivity contribution in [1.82, 2.24) is 4.90 Å². The minimum atomic E-state index is -0.510. The van der Waals surface area contributed by atoms with Crippen LogP contribution >= 0.6 is 0 Å². The SMILES string of the molecule is CCc1ccc([C@@H]2c3c(oc4ccccc4c3=O)C(=O)N2CCc2ccc(OC)c(OC)c2)cc1. The summed E-state index contributed by atoms with van der Waals surface area (Å²) >= 11 is 0. The van der Waals surface area contributed by atoms with Gasteiger partial charge in [0, 0.05) is 6.54 Å². The topological polar surface area (TPSA) is 69.0 Å². The fraction of sp³-hybridized carbons (Fsp3) is 0.241. The lowest BCUT2D eigenvalue weighted by Gasteiger charge is -2.25. The maximum Gasteiger partial charge on any atom is 0.290 e. The van der Waals surface area contributed by atoms with Crippen molar-refractivity contribution >= 4 is 16.9 Å². The number of ether oxygens (including phenoxy) is 2. The smallest absolute Gasteiger partial charge is 0.290 e. The molecule has 1 amide bonds. The van der Waals surface area contributed by atoms with Crippen LogP contribution in [0.4, 0.5) is 0 Å². The summed E-state index contributed by atoms with van der Waals surface area (Å²) in [4.78, 5) is 28.9. The predicted octanol–water partition coefficient (Wildman–Crippen LogP) is 5.16. The first-order valence-electron chi connectivity index (χ1n) is 11.7. The van der Waals surface area contributed by atoms with Gasteiger partial charge in [0.15, 0.2) is 16.9 Å². The number of nitrogens with zero attached hydrogens (tertiary/aromatic N) is 1. The fourth-order valence-electron chi connectivity index (χ4n) is 4.77. The van der Waals surface area contributed by atoms with Crippen LogP contribution < -0.4 is 14.9 Å². The number of hydrogen-bond acceptors (Lipinski definition) is 5. The van der Waals surface area contributed by atoms with Gasteiger partial charge in [0.1, 0.15) is 5.58 Å². The molecule has 1 aliphatic heterocycles. The molecule has 35 heavy (non-hydrogen) atoms. The van der Waals surface area contributed by atoms with E-state index in [-0.39, 0.29) is 17.1 Å². The number of carbonyl (C=O) groups is 1. The van der Waals surface area contributed by atoms with E-state index in [4.69, 9.17) is 13.9 Å². The number of fused-ring (bicyclic) bond motifs is 2. The van der Waals surface area contributed by atoms with E-state index in [2.05, 4.69) is 6.92 Å². The van der Waals surface area contributed by atoms with Gasteiger partial charge >= 0.3 is 0 Å². The molecule has 6 heteroatoms. The molecule has 1 aromatic heterocycles.